The minimum absolute atomic E-state index is 0.190. The van der Waals surface area contributed by atoms with Crippen molar-refractivity contribution in [1.29, 1.82) is 0 Å². The summed E-state index contributed by atoms with van der Waals surface area (Å²) < 4.78 is 0. The summed E-state index contributed by atoms with van der Waals surface area (Å²) in [5, 5.41) is 0.190. The topological polar surface area (TPSA) is 57.7 Å². The lowest BCUT2D eigenvalue weighted by Crippen LogP contribution is -2.13. The lowest BCUT2D eigenvalue weighted by atomic mass is 10.2. The lowest BCUT2D eigenvalue weighted by molar-refractivity contribution is 1.09. The van der Waals surface area contributed by atoms with Crippen LogP contribution < -0.4 is 4.90 Å². The molecule has 5 nitrogen and oxygen atoms in total. The quantitative estimate of drug-likeness (QED) is 0.729. The Kier molecular flexibility index (Phi) is 2.83. The number of aromatic amines is 1. The van der Waals surface area contributed by atoms with Crippen molar-refractivity contribution in [3.8, 4) is 0 Å². The van der Waals surface area contributed by atoms with Crippen molar-refractivity contribution in [2.24, 2.45) is 0 Å². The van der Waals surface area contributed by atoms with E-state index < -0.39 is 0 Å². The van der Waals surface area contributed by atoms with Crippen molar-refractivity contribution < 1.29 is 0 Å². The fourth-order valence-electron chi connectivity index (χ4n) is 2.09. The van der Waals surface area contributed by atoms with Crippen LogP contribution in [0.3, 0.4) is 0 Å². The summed E-state index contributed by atoms with van der Waals surface area (Å²) in [5.41, 5.74) is 3.56. The summed E-state index contributed by atoms with van der Waals surface area (Å²) in [6, 6.07) is 8.09. The SMILES string of the molecule is Cc1ccccc1N(C)c1nc(Cl)nc2nc[nH]c12. The standard InChI is InChI=1S/C13H12ClN5/c1-8-5-3-4-6-9(8)19(2)12-10-11(16-7-15-10)17-13(14)18-12/h3-7H,1-2H3,(H,15,16,17,18). The number of nitrogens with one attached hydrogen (secondary N) is 1. The Bertz CT molecular complexity index is 737. The molecule has 0 amide bonds. The molecule has 0 aliphatic rings. The number of H-pyrrole nitrogens is 1. The van der Waals surface area contributed by atoms with Gasteiger partial charge in [-0.25, -0.2) is 4.98 Å². The molecule has 0 unspecified atom stereocenters. The number of hydrogen-bond acceptors (Lipinski definition) is 4. The first-order valence-electron chi connectivity index (χ1n) is 5.83. The van der Waals surface area contributed by atoms with Crippen LogP contribution in [-0.2, 0) is 0 Å². The van der Waals surface area contributed by atoms with Gasteiger partial charge in [-0.15, -0.1) is 0 Å². The molecule has 2 aromatic heterocycles. The first-order chi connectivity index (χ1) is 9.16. The van der Waals surface area contributed by atoms with Crippen LogP contribution in [0.25, 0.3) is 11.2 Å². The van der Waals surface area contributed by atoms with Gasteiger partial charge in [-0.2, -0.15) is 9.97 Å². The number of halogens is 1. The molecule has 0 aliphatic carbocycles. The average Bonchev–Trinajstić information content (AvgIpc) is 2.85. The second kappa shape index (κ2) is 4.51. The third kappa shape index (κ3) is 2.02. The van der Waals surface area contributed by atoms with Gasteiger partial charge in [0.2, 0.25) is 5.28 Å². The van der Waals surface area contributed by atoms with Crippen LogP contribution in [0.5, 0.6) is 0 Å². The highest BCUT2D eigenvalue weighted by atomic mass is 35.5. The number of rotatable bonds is 2. The lowest BCUT2D eigenvalue weighted by Gasteiger charge is -2.20. The largest absolute Gasteiger partial charge is 0.340 e. The van der Waals surface area contributed by atoms with Crippen molar-refractivity contribution in [1.82, 2.24) is 19.9 Å². The molecule has 96 valence electrons. The maximum Gasteiger partial charge on any atom is 0.226 e. The second-order valence-electron chi connectivity index (χ2n) is 4.26. The van der Waals surface area contributed by atoms with Gasteiger partial charge in [0.15, 0.2) is 11.5 Å². The molecule has 1 N–H and O–H groups in total. The molecule has 0 radical (unpaired) electrons. The number of fused-ring (bicyclic) bond motifs is 1. The van der Waals surface area contributed by atoms with Crippen LogP contribution in [0.2, 0.25) is 5.28 Å². The van der Waals surface area contributed by atoms with Gasteiger partial charge in [-0.3, -0.25) is 0 Å². The van der Waals surface area contributed by atoms with Gasteiger partial charge < -0.3 is 9.88 Å². The number of aromatic nitrogens is 4. The molecular weight excluding hydrogens is 262 g/mol. The van der Waals surface area contributed by atoms with Gasteiger partial charge in [0.25, 0.3) is 0 Å². The van der Waals surface area contributed by atoms with Gasteiger partial charge in [0.1, 0.15) is 5.52 Å². The highest BCUT2D eigenvalue weighted by Gasteiger charge is 2.15. The molecule has 0 saturated heterocycles. The number of hydrogen-bond donors (Lipinski definition) is 1. The van der Waals surface area contributed by atoms with E-state index in [0.29, 0.717) is 11.5 Å². The van der Waals surface area contributed by atoms with Gasteiger partial charge in [0.05, 0.1) is 6.33 Å². The van der Waals surface area contributed by atoms with Gasteiger partial charge in [-0.05, 0) is 30.2 Å². The summed E-state index contributed by atoms with van der Waals surface area (Å²) in [5.74, 6) is 0.710. The van der Waals surface area contributed by atoms with Crippen LogP contribution in [0.1, 0.15) is 5.56 Å². The molecule has 3 aromatic rings. The monoisotopic (exact) mass is 273 g/mol. The number of imidazole rings is 1. The fourth-order valence-corrected chi connectivity index (χ4v) is 2.25. The maximum absolute atomic E-state index is 5.95. The summed E-state index contributed by atoms with van der Waals surface area (Å²) >= 11 is 5.95. The van der Waals surface area contributed by atoms with Crippen molar-refractivity contribution in [3.63, 3.8) is 0 Å². The molecule has 0 saturated carbocycles. The molecule has 0 spiro atoms. The van der Waals surface area contributed by atoms with Crippen LogP contribution in [-0.4, -0.2) is 27.0 Å². The summed E-state index contributed by atoms with van der Waals surface area (Å²) in [6.07, 6.45) is 1.59. The smallest absolute Gasteiger partial charge is 0.226 e. The normalized spacial score (nSPS) is 10.9. The van der Waals surface area contributed by atoms with E-state index in [1.54, 1.807) is 6.33 Å². The zero-order valence-corrected chi connectivity index (χ0v) is 11.3. The van der Waals surface area contributed by atoms with E-state index in [4.69, 9.17) is 11.6 Å². The molecule has 0 bridgehead atoms. The highest BCUT2D eigenvalue weighted by molar-refractivity contribution is 6.28. The van der Waals surface area contributed by atoms with Gasteiger partial charge >= 0.3 is 0 Å². The van der Waals surface area contributed by atoms with E-state index in [0.717, 1.165) is 16.8 Å². The Labute approximate surface area is 115 Å². The van der Waals surface area contributed by atoms with Crippen LogP contribution in [0.15, 0.2) is 30.6 Å². The predicted molar refractivity (Wildman–Crippen MR) is 75.9 cm³/mol. The number of anilines is 2. The Morgan fingerprint density at radius 3 is 2.79 bits per heavy atom. The molecule has 0 atom stereocenters. The predicted octanol–water partition coefficient (Wildman–Crippen LogP) is 3.08. The minimum atomic E-state index is 0.190. The Balaban J connectivity index is 2.19. The van der Waals surface area contributed by atoms with Crippen molar-refractivity contribution >= 4 is 34.3 Å². The molecule has 3 rings (SSSR count). The van der Waals surface area contributed by atoms with E-state index in [1.807, 2.05) is 30.1 Å². The van der Waals surface area contributed by atoms with Crippen molar-refractivity contribution in [2.75, 3.05) is 11.9 Å². The summed E-state index contributed by atoms with van der Waals surface area (Å²) in [6.45, 7) is 2.05. The third-order valence-electron chi connectivity index (χ3n) is 3.03. The third-order valence-corrected chi connectivity index (χ3v) is 3.20. The second-order valence-corrected chi connectivity index (χ2v) is 4.60. The first kappa shape index (κ1) is 11.9. The number of para-hydroxylation sites is 1. The Morgan fingerprint density at radius 1 is 1.21 bits per heavy atom. The Morgan fingerprint density at radius 2 is 2.00 bits per heavy atom. The Hall–Kier alpha value is -2.14. The zero-order valence-electron chi connectivity index (χ0n) is 10.6. The van der Waals surface area contributed by atoms with E-state index >= 15 is 0 Å². The minimum Gasteiger partial charge on any atom is -0.340 e. The van der Waals surface area contributed by atoms with E-state index in [-0.39, 0.29) is 5.28 Å². The summed E-state index contributed by atoms with van der Waals surface area (Å²) in [7, 11) is 1.95. The molecule has 2 heterocycles. The highest BCUT2D eigenvalue weighted by Crippen LogP contribution is 2.29. The van der Waals surface area contributed by atoms with Gasteiger partial charge in [-0.1, -0.05) is 18.2 Å². The van der Waals surface area contributed by atoms with Crippen LogP contribution >= 0.6 is 11.6 Å². The summed E-state index contributed by atoms with van der Waals surface area (Å²) in [4.78, 5) is 17.5. The molecule has 19 heavy (non-hydrogen) atoms. The zero-order chi connectivity index (χ0) is 13.4. The number of nitrogens with zero attached hydrogens (tertiary/aromatic N) is 4. The van der Waals surface area contributed by atoms with Crippen molar-refractivity contribution in [2.45, 2.75) is 6.92 Å². The number of benzene rings is 1. The number of aryl methyl sites for hydroxylation is 1. The maximum atomic E-state index is 5.95. The molecule has 0 aliphatic heterocycles. The average molecular weight is 274 g/mol. The van der Waals surface area contributed by atoms with E-state index in [9.17, 15) is 0 Å². The van der Waals surface area contributed by atoms with E-state index in [1.165, 1.54) is 0 Å². The molecule has 6 heteroatoms. The van der Waals surface area contributed by atoms with Crippen LogP contribution in [0.4, 0.5) is 11.5 Å². The van der Waals surface area contributed by atoms with Crippen molar-refractivity contribution in [3.05, 3.63) is 41.4 Å². The fraction of sp³-hybridized carbons (Fsp3) is 0.154. The van der Waals surface area contributed by atoms with Crippen LogP contribution in [0, 0.1) is 6.92 Å². The molecule has 1 aromatic carbocycles. The van der Waals surface area contributed by atoms with E-state index in [2.05, 4.69) is 32.9 Å². The molecular formula is C13H12ClN5. The first-order valence-corrected chi connectivity index (χ1v) is 6.20. The molecule has 0 fully saturated rings. The van der Waals surface area contributed by atoms with Gasteiger partial charge in [0, 0.05) is 12.7 Å².